The van der Waals surface area contributed by atoms with Crippen LogP contribution in [0.4, 0.5) is 0 Å². The largest absolute Gasteiger partial charge is 0.347 e. The summed E-state index contributed by atoms with van der Waals surface area (Å²) in [5.41, 5.74) is 2.15. The van der Waals surface area contributed by atoms with E-state index in [2.05, 4.69) is 19.9 Å². The van der Waals surface area contributed by atoms with E-state index in [1.165, 1.54) is 32.1 Å². The summed E-state index contributed by atoms with van der Waals surface area (Å²) >= 11 is 0. The number of ether oxygens (including phenoxy) is 4. The van der Waals surface area contributed by atoms with E-state index < -0.39 is 0 Å². The van der Waals surface area contributed by atoms with Crippen molar-refractivity contribution in [3.05, 3.63) is 11.6 Å². The molecule has 5 fully saturated rings. The van der Waals surface area contributed by atoms with Crippen LogP contribution < -0.4 is 0 Å². The van der Waals surface area contributed by atoms with Gasteiger partial charge in [0.1, 0.15) is 0 Å². The normalized spacial score (nSPS) is 49.7. The molecule has 150 valence electrons. The minimum atomic E-state index is -0.301. The van der Waals surface area contributed by atoms with Crippen LogP contribution in [0.25, 0.3) is 0 Å². The van der Waals surface area contributed by atoms with E-state index in [1.807, 2.05) is 0 Å². The minimum Gasteiger partial charge on any atom is -0.347 e. The smallest absolute Gasteiger partial charge is 0.174 e. The molecule has 27 heavy (non-hydrogen) atoms. The molecule has 0 amide bonds. The Kier molecular flexibility index (Phi) is 3.61. The van der Waals surface area contributed by atoms with Gasteiger partial charge in [-0.3, -0.25) is 0 Å². The Morgan fingerprint density at radius 2 is 1.52 bits per heavy atom. The molecule has 0 unspecified atom stereocenters. The zero-order valence-electron chi connectivity index (χ0n) is 16.9. The lowest BCUT2D eigenvalue weighted by atomic mass is 9.47. The van der Waals surface area contributed by atoms with Gasteiger partial charge >= 0.3 is 0 Å². The zero-order valence-corrected chi connectivity index (χ0v) is 16.9. The van der Waals surface area contributed by atoms with Gasteiger partial charge in [0, 0.05) is 24.7 Å². The van der Waals surface area contributed by atoms with Crippen LogP contribution >= 0.6 is 0 Å². The summed E-state index contributed by atoms with van der Waals surface area (Å²) in [6.45, 7) is 8.11. The van der Waals surface area contributed by atoms with Gasteiger partial charge in [-0.05, 0) is 55.3 Å². The Morgan fingerprint density at radius 3 is 2.30 bits per heavy atom. The first-order valence-corrected chi connectivity index (χ1v) is 11.3. The lowest BCUT2D eigenvalue weighted by Crippen LogP contribution is -2.55. The van der Waals surface area contributed by atoms with E-state index in [1.54, 1.807) is 5.57 Å². The van der Waals surface area contributed by atoms with Crippen LogP contribution in [0.3, 0.4) is 0 Å². The molecule has 2 aliphatic heterocycles. The standard InChI is InChI=1S/C23H34O4/c1-20-9-10-22(24-11-12-25-22)15-16(20)3-4-17-18(20)5-7-21(2)19(17)6-8-23(21)26-13-14-27-23/h3,17-19H,4-15H2,1-2H3/t17-,18+,19+,20+,21+/m0/s1. The first-order chi connectivity index (χ1) is 13.0. The van der Waals surface area contributed by atoms with Crippen LogP contribution in [-0.4, -0.2) is 38.0 Å². The molecule has 6 rings (SSSR count). The summed E-state index contributed by atoms with van der Waals surface area (Å²) in [4.78, 5) is 0. The van der Waals surface area contributed by atoms with E-state index in [-0.39, 0.29) is 17.0 Å². The minimum absolute atomic E-state index is 0.194. The molecule has 0 bridgehead atoms. The number of rotatable bonds is 0. The summed E-state index contributed by atoms with van der Waals surface area (Å²) in [7, 11) is 0. The van der Waals surface area contributed by atoms with E-state index in [9.17, 15) is 0 Å². The number of allylic oxidation sites excluding steroid dienone is 1. The van der Waals surface area contributed by atoms with E-state index in [4.69, 9.17) is 18.9 Å². The van der Waals surface area contributed by atoms with Crippen LogP contribution in [0.2, 0.25) is 0 Å². The van der Waals surface area contributed by atoms with Gasteiger partial charge in [-0.2, -0.15) is 0 Å². The summed E-state index contributed by atoms with van der Waals surface area (Å²) in [6.07, 6.45) is 12.0. The zero-order chi connectivity index (χ0) is 18.3. The molecule has 3 saturated carbocycles. The van der Waals surface area contributed by atoms with Crippen molar-refractivity contribution in [3.8, 4) is 0 Å². The van der Waals surface area contributed by atoms with Crippen molar-refractivity contribution < 1.29 is 18.9 Å². The molecule has 6 aliphatic rings. The first kappa shape index (κ1) is 17.4. The number of fused-ring (bicyclic) bond motifs is 6. The Labute approximate surface area is 162 Å². The average Bonchev–Trinajstić information content (AvgIpc) is 3.38. The molecular formula is C23H34O4. The fourth-order valence-corrected chi connectivity index (χ4v) is 8.23. The van der Waals surface area contributed by atoms with Gasteiger partial charge in [0.25, 0.3) is 0 Å². The summed E-state index contributed by atoms with van der Waals surface area (Å²) in [6, 6.07) is 0. The number of hydrogen-bond donors (Lipinski definition) is 0. The Hall–Kier alpha value is -0.420. The maximum Gasteiger partial charge on any atom is 0.174 e. The van der Waals surface area contributed by atoms with Gasteiger partial charge < -0.3 is 18.9 Å². The molecule has 2 saturated heterocycles. The summed E-state index contributed by atoms with van der Waals surface area (Å²) < 4.78 is 24.7. The lowest BCUT2D eigenvalue weighted by Gasteiger charge is -2.59. The molecule has 0 aromatic heterocycles. The average molecular weight is 375 g/mol. The van der Waals surface area contributed by atoms with Gasteiger partial charge in [0.2, 0.25) is 0 Å². The van der Waals surface area contributed by atoms with Crippen molar-refractivity contribution in [1.82, 2.24) is 0 Å². The molecule has 0 N–H and O–H groups in total. The molecule has 5 atom stereocenters. The maximum atomic E-state index is 6.28. The molecule has 0 aromatic carbocycles. The van der Waals surface area contributed by atoms with Gasteiger partial charge in [-0.1, -0.05) is 25.5 Å². The van der Waals surface area contributed by atoms with Crippen LogP contribution in [0.15, 0.2) is 11.6 Å². The van der Waals surface area contributed by atoms with Gasteiger partial charge in [0.05, 0.1) is 26.4 Å². The predicted molar refractivity (Wildman–Crippen MR) is 101 cm³/mol. The third-order valence-corrected chi connectivity index (χ3v) is 9.72. The molecule has 4 nitrogen and oxygen atoms in total. The second-order valence-corrected chi connectivity index (χ2v) is 10.5. The molecule has 2 spiro atoms. The first-order valence-electron chi connectivity index (χ1n) is 11.3. The molecule has 2 heterocycles. The second kappa shape index (κ2) is 5.59. The highest BCUT2D eigenvalue weighted by molar-refractivity contribution is 5.27. The van der Waals surface area contributed by atoms with Crippen molar-refractivity contribution in [3.63, 3.8) is 0 Å². The van der Waals surface area contributed by atoms with E-state index in [0.29, 0.717) is 5.41 Å². The van der Waals surface area contributed by atoms with Crippen molar-refractivity contribution >= 4 is 0 Å². The summed E-state index contributed by atoms with van der Waals surface area (Å²) in [5.74, 6) is 1.73. The van der Waals surface area contributed by atoms with Crippen molar-refractivity contribution in [2.24, 2.45) is 28.6 Å². The topological polar surface area (TPSA) is 36.9 Å². The SMILES string of the molecule is C[C@@]12CCC3(CC1=CC[C@H]1[C@H]2CC[C@]2(C)[C@@H]1CCC21OCCO1)OCCO3. The highest BCUT2D eigenvalue weighted by Crippen LogP contribution is 2.69. The van der Waals surface area contributed by atoms with Crippen LogP contribution in [0.5, 0.6) is 0 Å². The molecule has 0 radical (unpaired) electrons. The van der Waals surface area contributed by atoms with Crippen LogP contribution in [0, 0.1) is 28.6 Å². The quantitative estimate of drug-likeness (QED) is 0.588. The Bertz CT molecular complexity index is 659. The Balaban J connectivity index is 1.32. The summed E-state index contributed by atoms with van der Waals surface area (Å²) in [5, 5.41) is 0. The molecule has 4 aliphatic carbocycles. The second-order valence-electron chi connectivity index (χ2n) is 10.5. The van der Waals surface area contributed by atoms with Crippen molar-refractivity contribution in [2.45, 2.75) is 76.8 Å². The highest BCUT2D eigenvalue weighted by Gasteiger charge is 2.67. The monoisotopic (exact) mass is 374 g/mol. The van der Waals surface area contributed by atoms with Crippen LogP contribution in [-0.2, 0) is 18.9 Å². The van der Waals surface area contributed by atoms with Gasteiger partial charge in [0.15, 0.2) is 11.6 Å². The maximum absolute atomic E-state index is 6.28. The van der Waals surface area contributed by atoms with Crippen molar-refractivity contribution in [1.29, 1.82) is 0 Å². The van der Waals surface area contributed by atoms with Gasteiger partial charge in [-0.25, -0.2) is 0 Å². The third-order valence-electron chi connectivity index (χ3n) is 9.72. The highest BCUT2D eigenvalue weighted by atomic mass is 16.7. The fraction of sp³-hybridized carbons (Fsp3) is 0.913. The third kappa shape index (κ3) is 2.14. The predicted octanol–water partition coefficient (Wildman–Crippen LogP) is 4.44. The molecule has 0 aromatic rings. The lowest BCUT2D eigenvalue weighted by molar-refractivity contribution is -0.243. The molecule has 4 heteroatoms. The Morgan fingerprint density at radius 1 is 0.815 bits per heavy atom. The number of hydrogen-bond acceptors (Lipinski definition) is 4. The molecular weight excluding hydrogens is 340 g/mol. The van der Waals surface area contributed by atoms with E-state index in [0.717, 1.165) is 63.4 Å². The van der Waals surface area contributed by atoms with Crippen molar-refractivity contribution in [2.75, 3.05) is 26.4 Å². The van der Waals surface area contributed by atoms with E-state index >= 15 is 0 Å². The fourth-order valence-electron chi connectivity index (χ4n) is 8.23. The van der Waals surface area contributed by atoms with Gasteiger partial charge in [-0.15, -0.1) is 0 Å². The van der Waals surface area contributed by atoms with Crippen LogP contribution in [0.1, 0.15) is 65.2 Å².